The molecule has 156 valence electrons. The van der Waals surface area contributed by atoms with Crippen LogP contribution in [0.15, 0.2) is 0 Å². The molecular formula is C20H40O5S. The number of ether oxygens (including phenoxy) is 1. The van der Waals surface area contributed by atoms with Gasteiger partial charge in [0.2, 0.25) is 0 Å². The highest BCUT2D eigenvalue weighted by Crippen LogP contribution is 2.14. The molecule has 0 saturated heterocycles. The third kappa shape index (κ3) is 18.2. The van der Waals surface area contributed by atoms with E-state index in [9.17, 15) is 13.2 Å². The number of unbranched alkanes of at least 4 members (excludes halogenated alkanes) is 11. The minimum atomic E-state index is -4.14. The van der Waals surface area contributed by atoms with Crippen LogP contribution in [0.1, 0.15) is 110 Å². The highest BCUT2D eigenvalue weighted by Gasteiger charge is 2.20. The molecule has 5 nitrogen and oxygen atoms in total. The maximum Gasteiger partial charge on any atom is 0.306 e. The summed E-state index contributed by atoms with van der Waals surface area (Å²) in [5.41, 5.74) is 0. The minimum absolute atomic E-state index is 0.319. The summed E-state index contributed by atoms with van der Waals surface area (Å²) in [6, 6.07) is 0. The first-order chi connectivity index (χ1) is 12.4. The van der Waals surface area contributed by atoms with E-state index < -0.39 is 22.0 Å². The highest BCUT2D eigenvalue weighted by atomic mass is 32.2. The van der Waals surface area contributed by atoms with Crippen molar-refractivity contribution in [3.63, 3.8) is 0 Å². The standard InChI is InChI=1S/C20H40O5S/c1-3-5-7-9-10-11-12-13-14-16-19(18-26(22,23)24)25-20(21)17-15-8-6-4-2/h19H,3-18H2,1-2H3,(H,22,23,24). The van der Waals surface area contributed by atoms with Crippen LogP contribution < -0.4 is 0 Å². The Morgan fingerprint density at radius 3 is 1.77 bits per heavy atom. The van der Waals surface area contributed by atoms with Crippen LogP contribution in [-0.2, 0) is 19.6 Å². The van der Waals surface area contributed by atoms with Crippen molar-refractivity contribution in [3.05, 3.63) is 0 Å². The molecule has 1 N–H and O–H groups in total. The molecule has 0 amide bonds. The minimum Gasteiger partial charge on any atom is -0.461 e. The van der Waals surface area contributed by atoms with E-state index in [-0.39, 0.29) is 5.97 Å². The van der Waals surface area contributed by atoms with E-state index in [0.717, 1.165) is 44.9 Å². The van der Waals surface area contributed by atoms with Crippen LogP contribution in [0.25, 0.3) is 0 Å². The number of carbonyl (C=O) groups is 1. The third-order valence-corrected chi connectivity index (χ3v) is 5.35. The fourth-order valence-electron chi connectivity index (χ4n) is 3.03. The van der Waals surface area contributed by atoms with Gasteiger partial charge in [0.05, 0.1) is 0 Å². The van der Waals surface area contributed by atoms with Gasteiger partial charge >= 0.3 is 5.97 Å². The molecule has 1 unspecified atom stereocenters. The van der Waals surface area contributed by atoms with Crippen LogP contribution in [0.4, 0.5) is 0 Å². The van der Waals surface area contributed by atoms with Gasteiger partial charge < -0.3 is 4.74 Å². The lowest BCUT2D eigenvalue weighted by molar-refractivity contribution is -0.148. The van der Waals surface area contributed by atoms with E-state index in [0.29, 0.717) is 12.8 Å². The van der Waals surface area contributed by atoms with Gasteiger partial charge in [-0.2, -0.15) is 8.42 Å². The molecule has 0 aliphatic rings. The number of hydrogen-bond acceptors (Lipinski definition) is 4. The van der Waals surface area contributed by atoms with Crippen molar-refractivity contribution in [2.45, 2.75) is 116 Å². The fourth-order valence-corrected chi connectivity index (χ4v) is 3.74. The van der Waals surface area contributed by atoms with Gasteiger partial charge in [-0.1, -0.05) is 84.5 Å². The number of esters is 1. The molecule has 0 heterocycles. The van der Waals surface area contributed by atoms with Crippen molar-refractivity contribution in [1.29, 1.82) is 0 Å². The number of carbonyl (C=O) groups excluding carboxylic acids is 1. The number of hydrogen-bond donors (Lipinski definition) is 1. The Kier molecular flexibility index (Phi) is 16.2. The van der Waals surface area contributed by atoms with Gasteiger partial charge in [0.25, 0.3) is 10.1 Å². The van der Waals surface area contributed by atoms with Crippen LogP contribution in [-0.4, -0.2) is 30.8 Å². The zero-order valence-electron chi connectivity index (χ0n) is 16.9. The van der Waals surface area contributed by atoms with Crippen molar-refractivity contribution in [2.24, 2.45) is 0 Å². The SMILES string of the molecule is CCCCCCCCCCCC(CS(=O)(=O)O)OC(=O)CCCCCC. The number of rotatable bonds is 18. The van der Waals surface area contributed by atoms with E-state index in [4.69, 9.17) is 9.29 Å². The maximum absolute atomic E-state index is 11.9. The van der Waals surface area contributed by atoms with E-state index in [1.807, 2.05) is 0 Å². The lowest BCUT2D eigenvalue weighted by Gasteiger charge is -2.16. The zero-order chi connectivity index (χ0) is 19.7. The van der Waals surface area contributed by atoms with Gasteiger partial charge in [0.1, 0.15) is 11.9 Å². The molecular weight excluding hydrogens is 352 g/mol. The summed E-state index contributed by atoms with van der Waals surface area (Å²) >= 11 is 0. The summed E-state index contributed by atoms with van der Waals surface area (Å²) in [4.78, 5) is 11.9. The largest absolute Gasteiger partial charge is 0.461 e. The third-order valence-electron chi connectivity index (χ3n) is 4.56. The second kappa shape index (κ2) is 16.5. The first-order valence-electron chi connectivity index (χ1n) is 10.5. The first-order valence-corrected chi connectivity index (χ1v) is 12.1. The Morgan fingerprint density at radius 2 is 1.27 bits per heavy atom. The van der Waals surface area contributed by atoms with Gasteiger partial charge in [0.15, 0.2) is 0 Å². The second-order valence-electron chi connectivity index (χ2n) is 7.29. The van der Waals surface area contributed by atoms with Crippen molar-refractivity contribution in [3.8, 4) is 0 Å². The molecule has 0 radical (unpaired) electrons. The molecule has 0 saturated carbocycles. The average Bonchev–Trinajstić information content (AvgIpc) is 2.55. The molecule has 0 aromatic rings. The van der Waals surface area contributed by atoms with Gasteiger partial charge in [0, 0.05) is 6.42 Å². The Bertz CT molecular complexity index is 433. The van der Waals surface area contributed by atoms with Crippen LogP contribution in [0, 0.1) is 0 Å². The van der Waals surface area contributed by atoms with Gasteiger partial charge in [-0.3, -0.25) is 9.35 Å². The molecule has 0 bridgehead atoms. The molecule has 0 spiro atoms. The summed E-state index contributed by atoms with van der Waals surface area (Å²) in [6.07, 6.45) is 14.6. The summed E-state index contributed by atoms with van der Waals surface area (Å²) in [6.45, 7) is 4.31. The fraction of sp³-hybridized carbons (Fsp3) is 0.950. The summed E-state index contributed by atoms with van der Waals surface area (Å²) < 4.78 is 36.7. The van der Waals surface area contributed by atoms with Gasteiger partial charge in [-0.15, -0.1) is 0 Å². The van der Waals surface area contributed by atoms with Crippen molar-refractivity contribution in [1.82, 2.24) is 0 Å². The molecule has 1 atom stereocenters. The van der Waals surface area contributed by atoms with Crippen molar-refractivity contribution < 1.29 is 22.5 Å². The van der Waals surface area contributed by atoms with E-state index in [1.54, 1.807) is 0 Å². The predicted octanol–water partition coefficient (Wildman–Crippen LogP) is 5.68. The molecule has 26 heavy (non-hydrogen) atoms. The molecule has 0 rings (SSSR count). The Balaban J connectivity index is 3.98. The lowest BCUT2D eigenvalue weighted by atomic mass is 10.1. The van der Waals surface area contributed by atoms with Crippen molar-refractivity contribution in [2.75, 3.05) is 5.75 Å². The molecule has 6 heteroatoms. The quantitative estimate of drug-likeness (QED) is 0.184. The van der Waals surface area contributed by atoms with Gasteiger partial charge in [-0.05, 0) is 19.3 Å². The van der Waals surface area contributed by atoms with Crippen molar-refractivity contribution >= 4 is 16.1 Å². The van der Waals surface area contributed by atoms with E-state index in [1.165, 1.54) is 38.5 Å². The summed E-state index contributed by atoms with van der Waals surface area (Å²) in [5.74, 6) is -0.851. The van der Waals surface area contributed by atoms with Crippen LogP contribution in [0.5, 0.6) is 0 Å². The summed E-state index contributed by atoms with van der Waals surface area (Å²) in [7, 11) is -4.14. The second-order valence-corrected chi connectivity index (χ2v) is 8.79. The normalized spacial score (nSPS) is 12.9. The average molecular weight is 393 g/mol. The van der Waals surface area contributed by atoms with E-state index >= 15 is 0 Å². The molecule has 0 aromatic heterocycles. The monoisotopic (exact) mass is 392 g/mol. The molecule has 0 aliphatic heterocycles. The van der Waals surface area contributed by atoms with Crippen LogP contribution in [0.3, 0.4) is 0 Å². The van der Waals surface area contributed by atoms with Gasteiger partial charge in [-0.25, -0.2) is 0 Å². The first kappa shape index (κ1) is 25.4. The van der Waals surface area contributed by atoms with Crippen LogP contribution in [0.2, 0.25) is 0 Å². The Labute approximate surface area is 161 Å². The molecule has 0 fully saturated rings. The topological polar surface area (TPSA) is 80.7 Å². The predicted molar refractivity (Wildman–Crippen MR) is 107 cm³/mol. The summed E-state index contributed by atoms with van der Waals surface area (Å²) in [5, 5.41) is 0. The highest BCUT2D eigenvalue weighted by molar-refractivity contribution is 7.85. The zero-order valence-corrected chi connectivity index (χ0v) is 17.7. The molecule has 0 aromatic carbocycles. The Hall–Kier alpha value is -0.620. The maximum atomic E-state index is 11.9. The Morgan fingerprint density at radius 1 is 0.808 bits per heavy atom. The van der Waals surface area contributed by atoms with E-state index in [2.05, 4.69) is 13.8 Å². The van der Waals surface area contributed by atoms with Crippen LogP contribution >= 0.6 is 0 Å². The lowest BCUT2D eigenvalue weighted by Crippen LogP contribution is -2.26. The smallest absolute Gasteiger partial charge is 0.306 e. The molecule has 0 aliphatic carbocycles.